The van der Waals surface area contributed by atoms with E-state index < -0.39 is 47.0 Å². The first-order valence-electron chi connectivity index (χ1n) is 6.02. The molecule has 0 radical (unpaired) electrons. The van der Waals surface area contributed by atoms with Gasteiger partial charge in [-0.15, -0.1) is 0 Å². The van der Waals surface area contributed by atoms with Crippen molar-refractivity contribution in [1.82, 2.24) is 0 Å². The minimum Gasteiger partial charge on any atom is -0.384 e. The number of amides is 1. The molecule has 1 heterocycles. The predicted octanol–water partition coefficient (Wildman–Crippen LogP) is 2.31. The third-order valence-electron chi connectivity index (χ3n) is 3.45. The first-order valence-corrected chi connectivity index (χ1v) is 6.02. The number of hydrogen-bond donors (Lipinski definition) is 1. The molecule has 0 saturated carbocycles. The molecule has 1 aromatic carbocycles. The minimum absolute atomic E-state index is 0.404. The standard InChI is InChI=1S/C13H9F5N2O2/c1-6-10(21)12(14,15)11(22)20(6)8-3-2-7(5-19)9(4-8)13(16,17)18/h2-4,6,10,21H,1H3/t6-,10+/m0/s1. The van der Waals surface area contributed by atoms with Crippen LogP contribution in [0.25, 0.3) is 0 Å². The third kappa shape index (κ3) is 2.29. The van der Waals surface area contributed by atoms with Crippen molar-refractivity contribution in [3.63, 3.8) is 0 Å². The quantitative estimate of drug-likeness (QED) is 0.808. The van der Waals surface area contributed by atoms with Crippen molar-refractivity contribution in [3.8, 4) is 6.07 Å². The summed E-state index contributed by atoms with van der Waals surface area (Å²) in [6.45, 7) is 1.09. The van der Waals surface area contributed by atoms with Gasteiger partial charge in [0.1, 0.15) is 6.10 Å². The number of hydrogen-bond acceptors (Lipinski definition) is 3. The lowest BCUT2D eigenvalue weighted by atomic mass is 10.1. The van der Waals surface area contributed by atoms with Gasteiger partial charge in [-0.25, -0.2) is 0 Å². The zero-order valence-corrected chi connectivity index (χ0v) is 11.0. The van der Waals surface area contributed by atoms with Gasteiger partial charge in [-0.1, -0.05) is 0 Å². The highest BCUT2D eigenvalue weighted by Gasteiger charge is 2.60. The summed E-state index contributed by atoms with van der Waals surface area (Å²) in [6.07, 6.45) is -7.21. The Kier molecular flexibility index (Phi) is 3.61. The van der Waals surface area contributed by atoms with Crippen LogP contribution in [0.4, 0.5) is 27.6 Å². The fourth-order valence-electron chi connectivity index (χ4n) is 2.28. The summed E-state index contributed by atoms with van der Waals surface area (Å²) < 4.78 is 65.6. The highest BCUT2D eigenvalue weighted by atomic mass is 19.4. The van der Waals surface area contributed by atoms with E-state index in [4.69, 9.17) is 5.26 Å². The molecule has 4 nitrogen and oxygen atoms in total. The van der Waals surface area contributed by atoms with E-state index in [1.165, 1.54) is 6.07 Å². The Morgan fingerprint density at radius 3 is 2.36 bits per heavy atom. The van der Waals surface area contributed by atoms with Crippen molar-refractivity contribution in [2.75, 3.05) is 4.90 Å². The number of aliphatic hydroxyl groups excluding tert-OH is 1. The Bertz CT molecular complexity index is 665. The Balaban J connectivity index is 2.56. The number of carbonyl (C=O) groups is 1. The van der Waals surface area contributed by atoms with E-state index in [9.17, 15) is 31.9 Å². The van der Waals surface area contributed by atoms with Gasteiger partial charge in [0.2, 0.25) is 0 Å². The van der Waals surface area contributed by atoms with Crippen LogP contribution in [0.3, 0.4) is 0 Å². The van der Waals surface area contributed by atoms with E-state index in [0.29, 0.717) is 11.0 Å². The summed E-state index contributed by atoms with van der Waals surface area (Å²) in [6, 6.07) is 2.13. The Morgan fingerprint density at radius 2 is 1.95 bits per heavy atom. The first-order chi connectivity index (χ1) is 10.0. The fraction of sp³-hybridized carbons (Fsp3) is 0.385. The van der Waals surface area contributed by atoms with Gasteiger partial charge in [-0.3, -0.25) is 4.79 Å². The molecular weight excluding hydrogens is 311 g/mol. The van der Waals surface area contributed by atoms with Gasteiger partial charge in [-0.2, -0.15) is 27.2 Å². The molecule has 1 amide bonds. The number of carbonyl (C=O) groups excluding carboxylic acids is 1. The molecule has 0 aromatic heterocycles. The molecule has 118 valence electrons. The normalized spacial score (nSPS) is 24.5. The van der Waals surface area contributed by atoms with Gasteiger partial charge < -0.3 is 10.0 Å². The minimum atomic E-state index is -4.88. The van der Waals surface area contributed by atoms with Crippen molar-refractivity contribution in [2.45, 2.75) is 31.2 Å². The van der Waals surface area contributed by atoms with Gasteiger partial charge in [0.25, 0.3) is 0 Å². The Labute approximate surface area is 121 Å². The average molecular weight is 320 g/mol. The topological polar surface area (TPSA) is 64.3 Å². The zero-order valence-electron chi connectivity index (χ0n) is 11.0. The third-order valence-corrected chi connectivity index (χ3v) is 3.45. The Hall–Kier alpha value is -2.21. The first kappa shape index (κ1) is 16.2. The maximum absolute atomic E-state index is 13.5. The SMILES string of the molecule is C[C@H]1[C@@H](O)C(F)(F)C(=O)N1c1ccc(C#N)c(C(F)(F)F)c1. The van der Waals surface area contributed by atoms with Gasteiger partial charge in [0.15, 0.2) is 0 Å². The Morgan fingerprint density at radius 1 is 1.36 bits per heavy atom. The van der Waals surface area contributed by atoms with Crippen molar-refractivity contribution in [1.29, 1.82) is 5.26 Å². The molecule has 1 N–H and O–H groups in total. The second-order valence-corrected chi connectivity index (χ2v) is 4.82. The van der Waals surface area contributed by atoms with Crippen LogP contribution in [-0.4, -0.2) is 29.1 Å². The summed E-state index contributed by atoms with van der Waals surface area (Å²) in [4.78, 5) is 12.0. The number of halogens is 5. The van der Waals surface area contributed by atoms with E-state index in [-0.39, 0.29) is 0 Å². The second kappa shape index (κ2) is 4.91. The molecule has 1 aliphatic rings. The smallest absolute Gasteiger partial charge is 0.384 e. The molecule has 1 fully saturated rings. The van der Waals surface area contributed by atoms with Crippen molar-refractivity contribution in [2.24, 2.45) is 0 Å². The summed E-state index contributed by atoms with van der Waals surface area (Å²) in [5.74, 6) is -5.86. The van der Waals surface area contributed by atoms with Crippen LogP contribution >= 0.6 is 0 Å². The molecule has 0 bridgehead atoms. The zero-order chi connectivity index (χ0) is 16.9. The largest absolute Gasteiger partial charge is 0.417 e. The summed E-state index contributed by atoms with van der Waals surface area (Å²) in [5.41, 5.74) is -2.49. The molecule has 2 atom stereocenters. The molecule has 9 heteroatoms. The van der Waals surface area contributed by atoms with Gasteiger partial charge in [0.05, 0.1) is 23.2 Å². The molecule has 1 aliphatic heterocycles. The van der Waals surface area contributed by atoms with Crippen molar-refractivity contribution < 1.29 is 31.9 Å². The number of anilines is 1. The highest BCUT2D eigenvalue weighted by molar-refractivity contribution is 6.02. The van der Waals surface area contributed by atoms with Gasteiger partial charge >= 0.3 is 18.0 Å². The van der Waals surface area contributed by atoms with Crippen molar-refractivity contribution in [3.05, 3.63) is 29.3 Å². The number of nitrogens with zero attached hydrogens (tertiary/aromatic N) is 2. The highest BCUT2D eigenvalue weighted by Crippen LogP contribution is 2.40. The summed E-state index contributed by atoms with van der Waals surface area (Å²) in [5, 5.41) is 18.0. The van der Waals surface area contributed by atoms with Gasteiger partial charge in [0, 0.05) is 5.69 Å². The molecule has 0 unspecified atom stereocenters. The van der Waals surface area contributed by atoms with Crippen LogP contribution in [0, 0.1) is 11.3 Å². The van der Waals surface area contributed by atoms with Crippen LogP contribution in [0.15, 0.2) is 18.2 Å². The average Bonchev–Trinajstić information content (AvgIpc) is 2.58. The predicted molar refractivity (Wildman–Crippen MR) is 64.1 cm³/mol. The van der Waals surface area contributed by atoms with Crippen LogP contribution in [0.2, 0.25) is 0 Å². The number of nitriles is 1. The van der Waals surface area contributed by atoms with Crippen LogP contribution in [0.5, 0.6) is 0 Å². The summed E-state index contributed by atoms with van der Waals surface area (Å²) in [7, 11) is 0. The molecule has 0 spiro atoms. The number of benzene rings is 1. The van der Waals surface area contributed by atoms with E-state index in [1.807, 2.05) is 0 Å². The maximum atomic E-state index is 13.5. The van der Waals surface area contributed by atoms with Gasteiger partial charge in [-0.05, 0) is 25.1 Å². The van der Waals surface area contributed by atoms with E-state index in [1.54, 1.807) is 0 Å². The van der Waals surface area contributed by atoms with E-state index in [0.717, 1.165) is 19.1 Å². The van der Waals surface area contributed by atoms with E-state index >= 15 is 0 Å². The fourth-order valence-corrected chi connectivity index (χ4v) is 2.28. The van der Waals surface area contributed by atoms with E-state index in [2.05, 4.69) is 0 Å². The molecule has 22 heavy (non-hydrogen) atoms. The molecule has 1 aromatic rings. The van der Waals surface area contributed by atoms with Crippen LogP contribution in [-0.2, 0) is 11.0 Å². The lowest BCUT2D eigenvalue weighted by Crippen LogP contribution is -2.37. The lowest BCUT2D eigenvalue weighted by molar-refractivity contribution is -0.149. The lowest BCUT2D eigenvalue weighted by Gasteiger charge is -2.23. The molecule has 1 saturated heterocycles. The number of aliphatic hydroxyl groups is 1. The molecule has 0 aliphatic carbocycles. The number of alkyl halides is 5. The van der Waals surface area contributed by atoms with Crippen LogP contribution < -0.4 is 4.90 Å². The maximum Gasteiger partial charge on any atom is 0.417 e. The second-order valence-electron chi connectivity index (χ2n) is 4.82. The molecular formula is C13H9F5N2O2. The van der Waals surface area contributed by atoms with Crippen LogP contribution in [0.1, 0.15) is 18.1 Å². The molecule has 2 rings (SSSR count). The summed E-state index contributed by atoms with van der Waals surface area (Å²) >= 11 is 0. The number of rotatable bonds is 1. The van der Waals surface area contributed by atoms with Crippen molar-refractivity contribution >= 4 is 11.6 Å². The monoisotopic (exact) mass is 320 g/mol.